The Hall–Kier alpha value is -0.626. The molecule has 0 radical (unpaired) electrons. The standard InChI is InChI=1S/C21H21.3ClH.Ti/c1-15-14-20(17(3)16(15)2)21(18-10-6-4-7-11-18)19-12-8-5-9-13-19;;;;/h4-14,21H,1-3H3;3*1H;/q-1;;;;+4/p-3. The first-order valence-electron chi connectivity index (χ1n) is 7.51. The van der Waals surface area contributed by atoms with Crippen molar-refractivity contribution in [2.24, 2.45) is 0 Å². The van der Waals surface area contributed by atoms with E-state index in [-0.39, 0.29) is 58.9 Å². The van der Waals surface area contributed by atoms with Crippen LogP contribution in [0.2, 0.25) is 0 Å². The molecule has 0 bridgehead atoms. The third-order valence-corrected chi connectivity index (χ3v) is 4.54. The quantitative estimate of drug-likeness (QED) is 0.301. The molecule has 0 saturated heterocycles. The summed E-state index contributed by atoms with van der Waals surface area (Å²) in [7, 11) is 0. The Bertz CT molecular complexity index is 697. The van der Waals surface area contributed by atoms with Crippen LogP contribution in [0.5, 0.6) is 0 Å². The Morgan fingerprint density at radius 3 is 1.40 bits per heavy atom. The van der Waals surface area contributed by atoms with Crippen molar-refractivity contribution in [1.29, 1.82) is 0 Å². The van der Waals surface area contributed by atoms with Crippen LogP contribution in [0, 0.1) is 20.8 Å². The van der Waals surface area contributed by atoms with Gasteiger partial charge in [-0.05, 0) is 17.0 Å². The van der Waals surface area contributed by atoms with Crippen LogP contribution in [-0.4, -0.2) is 0 Å². The molecular weight excluding hydrogens is 406 g/mol. The Balaban J connectivity index is 0. The summed E-state index contributed by atoms with van der Waals surface area (Å²) in [4.78, 5) is 0. The summed E-state index contributed by atoms with van der Waals surface area (Å²) >= 11 is 0. The van der Waals surface area contributed by atoms with Crippen LogP contribution < -0.4 is 37.2 Å². The zero-order valence-electron chi connectivity index (χ0n) is 14.6. The molecule has 0 unspecified atom stereocenters. The summed E-state index contributed by atoms with van der Waals surface area (Å²) in [5, 5.41) is 0. The number of aryl methyl sites for hydroxylation is 1. The van der Waals surface area contributed by atoms with Crippen molar-refractivity contribution in [1.82, 2.24) is 0 Å². The third-order valence-electron chi connectivity index (χ3n) is 4.54. The first-order chi connectivity index (χ1) is 10.2. The number of halogens is 3. The Morgan fingerprint density at radius 2 is 1.08 bits per heavy atom. The monoisotopic (exact) mass is 426 g/mol. The van der Waals surface area contributed by atoms with Crippen LogP contribution in [0.25, 0.3) is 0 Å². The molecule has 0 aliphatic heterocycles. The molecule has 0 saturated carbocycles. The molecule has 130 valence electrons. The third kappa shape index (κ3) is 5.68. The first kappa shape index (κ1) is 26.6. The van der Waals surface area contributed by atoms with Crippen molar-refractivity contribution >= 4 is 0 Å². The van der Waals surface area contributed by atoms with Crippen molar-refractivity contribution in [3.63, 3.8) is 0 Å². The second-order valence-corrected chi connectivity index (χ2v) is 5.79. The van der Waals surface area contributed by atoms with Gasteiger partial charge in [0.15, 0.2) is 0 Å². The molecule has 0 fully saturated rings. The minimum absolute atomic E-state index is 0. The van der Waals surface area contributed by atoms with E-state index in [1.54, 1.807) is 0 Å². The molecule has 0 amide bonds. The number of rotatable bonds is 3. The first-order valence-corrected chi connectivity index (χ1v) is 7.51. The Morgan fingerprint density at radius 1 is 0.680 bits per heavy atom. The molecule has 0 spiro atoms. The molecule has 4 heteroatoms. The van der Waals surface area contributed by atoms with Crippen molar-refractivity contribution in [3.8, 4) is 0 Å². The second-order valence-electron chi connectivity index (χ2n) is 5.79. The average Bonchev–Trinajstić information content (AvgIpc) is 2.78. The Labute approximate surface area is 184 Å². The summed E-state index contributed by atoms with van der Waals surface area (Å²) in [6, 6.07) is 24.0. The molecule has 0 atom stereocenters. The van der Waals surface area contributed by atoms with Crippen LogP contribution in [0.15, 0.2) is 66.7 Å². The van der Waals surface area contributed by atoms with Crippen molar-refractivity contribution in [3.05, 3.63) is 100 Å². The van der Waals surface area contributed by atoms with Gasteiger partial charge in [0.25, 0.3) is 0 Å². The molecule has 3 aromatic rings. The zero-order chi connectivity index (χ0) is 14.8. The number of benzene rings is 2. The molecule has 0 heterocycles. The molecule has 0 nitrogen and oxygen atoms in total. The maximum absolute atomic E-state index is 2.36. The molecule has 0 aliphatic rings. The topological polar surface area (TPSA) is 0 Å². The summed E-state index contributed by atoms with van der Waals surface area (Å²) in [6.07, 6.45) is 0. The summed E-state index contributed by atoms with van der Waals surface area (Å²) < 4.78 is 0. The van der Waals surface area contributed by atoms with E-state index < -0.39 is 0 Å². The molecule has 0 aromatic heterocycles. The van der Waals surface area contributed by atoms with Crippen LogP contribution in [0.3, 0.4) is 0 Å². The van der Waals surface area contributed by atoms with E-state index in [0.29, 0.717) is 5.92 Å². The normalized spacial score (nSPS) is 9.28. The SMILES string of the molecule is Cc1c[c-](C(c2ccccc2)c2ccccc2)c(C)c1C.[Cl-].[Cl-].[Cl-].[Ti+4]. The van der Waals surface area contributed by atoms with E-state index in [9.17, 15) is 0 Å². The van der Waals surface area contributed by atoms with Crippen LogP contribution in [0.4, 0.5) is 0 Å². The summed E-state index contributed by atoms with van der Waals surface area (Å²) in [6.45, 7) is 6.68. The van der Waals surface area contributed by atoms with Gasteiger partial charge < -0.3 is 37.2 Å². The van der Waals surface area contributed by atoms with E-state index in [2.05, 4.69) is 87.5 Å². The van der Waals surface area contributed by atoms with E-state index in [1.807, 2.05) is 0 Å². The molecule has 25 heavy (non-hydrogen) atoms. The maximum atomic E-state index is 2.36. The van der Waals surface area contributed by atoms with Gasteiger partial charge in [0.05, 0.1) is 0 Å². The van der Waals surface area contributed by atoms with Gasteiger partial charge in [-0.2, -0.15) is 22.8 Å². The van der Waals surface area contributed by atoms with E-state index in [4.69, 9.17) is 0 Å². The summed E-state index contributed by atoms with van der Waals surface area (Å²) in [5.74, 6) is 0.319. The van der Waals surface area contributed by atoms with Crippen molar-refractivity contribution in [2.75, 3.05) is 0 Å². The fraction of sp³-hybridized carbons (Fsp3) is 0.190. The van der Waals surface area contributed by atoms with Crippen LogP contribution in [0.1, 0.15) is 39.3 Å². The average molecular weight is 428 g/mol. The zero-order valence-corrected chi connectivity index (χ0v) is 18.4. The molecule has 3 aromatic carbocycles. The fourth-order valence-electron chi connectivity index (χ4n) is 3.10. The van der Waals surface area contributed by atoms with E-state index in [0.717, 1.165) is 0 Å². The van der Waals surface area contributed by atoms with Gasteiger partial charge in [-0.15, -0.1) is 5.56 Å². The van der Waals surface area contributed by atoms with Gasteiger partial charge in [-0.25, -0.2) is 0 Å². The predicted octanol–water partition coefficient (Wildman–Crippen LogP) is -3.48. The fourth-order valence-corrected chi connectivity index (χ4v) is 3.10. The van der Waals surface area contributed by atoms with Crippen molar-refractivity contribution < 1.29 is 58.9 Å². The van der Waals surface area contributed by atoms with Gasteiger partial charge in [-0.3, -0.25) is 0 Å². The minimum Gasteiger partial charge on any atom is -1.00 e. The van der Waals surface area contributed by atoms with Gasteiger partial charge in [0.1, 0.15) is 0 Å². The molecule has 0 N–H and O–H groups in total. The van der Waals surface area contributed by atoms with Crippen molar-refractivity contribution in [2.45, 2.75) is 26.7 Å². The predicted molar refractivity (Wildman–Crippen MR) is 90.1 cm³/mol. The number of hydrogen-bond acceptors (Lipinski definition) is 0. The molecular formula is C21H21Cl3Ti. The number of hydrogen-bond donors (Lipinski definition) is 0. The van der Waals surface area contributed by atoms with E-state index >= 15 is 0 Å². The largest absolute Gasteiger partial charge is 4.00 e. The van der Waals surface area contributed by atoms with Gasteiger partial charge in [0, 0.05) is 0 Å². The van der Waals surface area contributed by atoms with Crippen LogP contribution >= 0.6 is 0 Å². The van der Waals surface area contributed by atoms with Gasteiger partial charge in [-0.1, -0.05) is 81.4 Å². The molecule has 3 rings (SSSR count). The van der Waals surface area contributed by atoms with E-state index in [1.165, 1.54) is 33.4 Å². The smallest absolute Gasteiger partial charge is 1.00 e. The molecule has 0 aliphatic carbocycles. The Kier molecular flexibility index (Phi) is 12.6. The van der Waals surface area contributed by atoms with Gasteiger partial charge >= 0.3 is 21.7 Å². The van der Waals surface area contributed by atoms with Gasteiger partial charge in [0.2, 0.25) is 0 Å². The maximum Gasteiger partial charge on any atom is 4.00 e. The van der Waals surface area contributed by atoms with Crippen LogP contribution in [-0.2, 0) is 21.7 Å². The minimum atomic E-state index is 0. The summed E-state index contributed by atoms with van der Waals surface area (Å²) in [5.41, 5.74) is 8.38. The second kappa shape index (κ2) is 11.9.